The van der Waals surface area contributed by atoms with Gasteiger partial charge in [-0.05, 0) is 57.5 Å². The second-order valence-electron chi connectivity index (χ2n) is 9.31. The minimum Gasteiger partial charge on any atom is -0.508 e. The number of carbonyl (C=O) groups excluding carboxylic acids is 3. The van der Waals surface area contributed by atoms with Crippen LogP contribution in [0.1, 0.15) is 30.0 Å². The standard InChI is InChI=1S/C24H27N3O8/c1-9(26-35-4)11-5-6-14(28)16-12(11)7-10-8-13-18(27(2)3)20(30)17(23(25)33)22(32)24(13,34)21(31)15(10)19(16)29/h5-6,10,13,18,28-29,32,34H,7-8H2,1-4H3,(H2,25,33)/b26-9+. The lowest BCUT2D eigenvalue weighted by Crippen LogP contribution is -2.65. The number of amides is 1. The van der Waals surface area contributed by atoms with Crippen molar-refractivity contribution in [2.45, 2.75) is 31.4 Å². The quantitative estimate of drug-likeness (QED) is 0.228. The van der Waals surface area contributed by atoms with Gasteiger partial charge >= 0.3 is 0 Å². The number of likely N-dealkylation sites (N-methyl/N-ethyl adjacent to an activating group) is 1. The Morgan fingerprint density at radius 3 is 2.46 bits per heavy atom. The molecule has 186 valence electrons. The van der Waals surface area contributed by atoms with Gasteiger partial charge in [0.15, 0.2) is 11.4 Å². The Labute approximate surface area is 200 Å². The summed E-state index contributed by atoms with van der Waals surface area (Å²) in [6.45, 7) is 1.69. The number of aliphatic hydroxyl groups is 3. The number of ketones is 2. The first-order valence-corrected chi connectivity index (χ1v) is 11.0. The van der Waals surface area contributed by atoms with E-state index in [9.17, 15) is 34.8 Å². The largest absolute Gasteiger partial charge is 0.508 e. The zero-order valence-corrected chi connectivity index (χ0v) is 19.7. The molecule has 35 heavy (non-hydrogen) atoms. The van der Waals surface area contributed by atoms with E-state index in [2.05, 4.69) is 5.16 Å². The number of primary amides is 1. The minimum atomic E-state index is -2.66. The van der Waals surface area contributed by atoms with Gasteiger partial charge in [-0.2, -0.15) is 0 Å². The average molecular weight is 485 g/mol. The molecule has 0 aromatic heterocycles. The van der Waals surface area contributed by atoms with Gasteiger partial charge in [0, 0.05) is 17.1 Å². The van der Waals surface area contributed by atoms with Crippen molar-refractivity contribution in [3.63, 3.8) is 0 Å². The SMILES string of the molecule is CO/N=C(\C)c1ccc(O)c2c1CC1CC3C(N(C)C)C(=O)C(C(N)=O)=C(O)C3(O)C(=O)C1=C2O. The molecule has 0 saturated heterocycles. The van der Waals surface area contributed by atoms with E-state index in [0.29, 0.717) is 16.8 Å². The first-order valence-electron chi connectivity index (χ1n) is 11.0. The Bertz CT molecular complexity index is 1260. The number of carbonyl (C=O) groups is 3. The molecule has 0 aliphatic heterocycles. The number of benzene rings is 1. The van der Waals surface area contributed by atoms with Crippen LogP contribution in [0.2, 0.25) is 0 Å². The van der Waals surface area contributed by atoms with Crippen LogP contribution >= 0.6 is 0 Å². The normalized spacial score (nSPS) is 28.6. The van der Waals surface area contributed by atoms with Gasteiger partial charge in [-0.3, -0.25) is 19.3 Å². The van der Waals surface area contributed by atoms with Crippen molar-refractivity contribution in [2.24, 2.45) is 22.7 Å². The second-order valence-corrected chi connectivity index (χ2v) is 9.31. The number of fused-ring (bicyclic) bond motifs is 3. The summed E-state index contributed by atoms with van der Waals surface area (Å²) in [5, 5.41) is 48.1. The zero-order valence-electron chi connectivity index (χ0n) is 19.7. The predicted molar refractivity (Wildman–Crippen MR) is 123 cm³/mol. The number of phenolic OH excluding ortho intramolecular Hbond substituents is 1. The molecule has 0 bridgehead atoms. The highest BCUT2D eigenvalue weighted by atomic mass is 16.6. The van der Waals surface area contributed by atoms with Crippen LogP contribution in [0.3, 0.4) is 0 Å². The highest BCUT2D eigenvalue weighted by molar-refractivity contribution is 6.24. The molecule has 4 rings (SSSR count). The van der Waals surface area contributed by atoms with Gasteiger partial charge < -0.3 is 31.0 Å². The molecule has 1 aromatic carbocycles. The van der Waals surface area contributed by atoms with Crippen LogP contribution in [0.4, 0.5) is 0 Å². The lowest BCUT2D eigenvalue weighted by molar-refractivity contribution is -0.153. The number of hydrogen-bond acceptors (Lipinski definition) is 10. The van der Waals surface area contributed by atoms with Gasteiger partial charge in [0.2, 0.25) is 5.78 Å². The van der Waals surface area contributed by atoms with E-state index in [4.69, 9.17) is 10.6 Å². The molecular weight excluding hydrogens is 458 g/mol. The number of oxime groups is 1. The average Bonchev–Trinajstić information content (AvgIpc) is 2.76. The Morgan fingerprint density at radius 2 is 1.89 bits per heavy atom. The molecule has 11 nitrogen and oxygen atoms in total. The van der Waals surface area contributed by atoms with E-state index in [1.807, 2.05) is 0 Å². The molecule has 1 amide bonds. The van der Waals surface area contributed by atoms with Crippen LogP contribution in [-0.2, 0) is 25.6 Å². The molecule has 1 saturated carbocycles. The van der Waals surface area contributed by atoms with E-state index < -0.39 is 58.0 Å². The van der Waals surface area contributed by atoms with Crippen molar-refractivity contribution in [1.29, 1.82) is 0 Å². The molecule has 4 unspecified atom stereocenters. The van der Waals surface area contributed by atoms with Gasteiger partial charge in [-0.25, -0.2) is 0 Å². The fraction of sp³-hybridized carbons (Fsp3) is 0.417. The van der Waals surface area contributed by atoms with Crippen molar-refractivity contribution < 1.29 is 39.6 Å². The Morgan fingerprint density at radius 1 is 1.23 bits per heavy atom. The van der Waals surface area contributed by atoms with Gasteiger partial charge in [0.1, 0.15) is 30.0 Å². The summed E-state index contributed by atoms with van der Waals surface area (Å²) in [4.78, 5) is 45.2. The molecule has 0 heterocycles. The minimum absolute atomic E-state index is 0.00411. The molecule has 1 aromatic rings. The Kier molecular flexibility index (Phi) is 5.73. The number of nitrogens with two attached hydrogens (primary N) is 1. The smallest absolute Gasteiger partial charge is 0.255 e. The molecule has 6 N–H and O–H groups in total. The fourth-order valence-corrected chi connectivity index (χ4v) is 5.77. The first-order chi connectivity index (χ1) is 16.4. The molecule has 0 spiro atoms. The summed E-state index contributed by atoms with van der Waals surface area (Å²) in [7, 11) is 4.48. The number of Topliss-reactive ketones (excluding diaryl/α,β-unsaturated/α-hetero) is 2. The molecule has 1 fully saturated rings. The second kappa shape index (κ2) is 8.21. The number of aliphatic hydroxyl groups excluding tert-OH is 2. The number of hydrogen-bond donors (Lipinski definition) is 5. The summed E-state index contributed by atoms with van der Waals surface area (Å²) in [5.41, 5.74) is 3.19. The van der Waals surface area contributed by atoms with Crippen LogP contribution in [-0.4, -0.2) is 81.4 Å². The van der Waals surface area contributed by atoms with E-state index >= 15 is 0 Å². The summed E-state index contributed by atoms with van der Waals surface area (Å²) < 4.78 is 0. The third-order valence-corrected chi connectivity index (χ3v) is 7.22. The molecular formula is C24H27N3O8. The van der Waals surface area contributed by atoms with Crippen LogP contribution < -0.4 is 5.73 Å². The van der Waals surface area contributed by atoms with Gasteiger partial charge in [-0.15, -0.1) is 0 Å². The van der Waals surface area contributed by atoms with Crippen LogP contribution in [0, 0.1) is 11.8 Å². The van der Waals surface area contributed by atoms with Crippen LogP contribution in [0.5, 0.6) is 5.75 Å². The molecule has 3 aliphatic carbocycles. The Hall–Kier alpha value is -3.70. The maximum Gasteiger partial charge on any atom is 0.255 e. The third-order valence-electron chi connectivity index (χ3n) is 7.22. The van der Waals surface area contributed by atoms with E-state index in [1.165, 1.54) is 18.1 Å². The van der Waals surface area contributed by atoms with Crippen LogP contribution in [0.15, 0.2) is 34.2 Å². The number of nitrogens with zero attached hydrogens (tertiary/aromatic N) is 2. The summed E-state index contributed by atoms with van der Waals surface area (Å²) in [5.74, 6) is -6.86. The van der Waals surface area contributed by atoms with Crippen molar-refractivity contribution in [3.05, 3.63) is 45.7 Å². The topological polar surface area (TPSA) is 183 Å². The maximum absolute atomic E-state index is 13.8. The molecule has 0 radical (unpaired) electrons. The van der Waals surface area contributed by atoms with E-state index in [-0.39, 0.29) is 29.7 Å². The number of phenols is 1. The monoisotopic (exact) mass is 485 g/mol. The lowest BCUT2D eigenvalue weighted by atomic mass is 9.57. The highest BCUT2D eigenvalue weighted by Gasteiger charge is 2.64. The van der Waals surface area contributed by atoms with E-state index in [1.54, 1.807) is 27.1 Å². The van der Waals surface area contributed by atoms with Gasteiger partial charge in [0.25, 0.3) is 5.91 Å². The van der Waals surface area contributed by atoms with Gasteiger partial charge in [0.05, 0.1) is 17.3 Å². The number of aromatic hydroxyl groups is 1. The predicted octanol–water partition coefficient (Wildman–Crippen LogP) is 0.334. The molecule has 3 aliphatic rings. The summed E-state index contributed by atoms with van der Waals surface area (Å²) >= 11 is 0. The Balaban J connectivity index is 1.98. The molecule has 11 heteroatoms. The van der Waals surface area contributed by atoms with Crippen molar-refractivity contribution in [3.8, 4) is 5.75 Å². The van der Waals surface area contributed by atoms with Gasteiger partial charge in [-0.1, -0.05) is 5.16 Å². The summed E-state index contributed by atoms with van der Waals surface area (Å²) in [6, 6.07) is 1.83. The zero-order chi connectivity index (χ0) is 26.0. The van der Waals surface area contributed by atoms with Crippen molar-refractivity contribution in [1.82, 2.24) is 4.90 Å². The lowest BCUT2D eigenvalue weighted by Gasteiger charge is -2.50. The molecule has 4 atom stereocenters. The van der Waals surface area contributed by atoms with Crippen molar-refractivity contribution in [2.75, 3.05) is 21.2 Å². The summed E-state index contributed by atoms with van der Waals surface area (Å²) in [6.07, 6.45) is 0.191. The van der Waals surface area contributed by atoms with E-state index in [0.717, 1.165) is 0 Å². The van der Waals surface area contributed by atoms with Crippen molar-refractivity contribution >= 4 is 28.9 Å². The highest BCUT2D eigenvalue weighted by Crippen LogP contribution is 2.52. The first kappa shape index (κ1) is 24.4. The third kappa shape index (κ3) is 3.26. The maximum atomic E-state index is 13.8. The fourth-order valence-electron chi connectivity index (χ4n) is 5.77. The number of rotatable bonds is 4. The van der Waals surface area contributed by atoms with Crippen LogP contribution in [0.25, 0.3) is 5.76 Å².